The van der Waals surface area contributed by atoms with Gasteiger partial charge in [-0.25, -0.2) is 8.42 Å². The molecule has 0 heterocycles. The molecular formula is C20H25ClN2O4S. The van der Waals surface area contributed by atoms with Crippen molar-refractivity contribution >= 4 is 33.2 Å². The molecule has 0 saturated carbocycles. The van der Waals surface area contributed by atoms with Gasteiger partial charge in [0.25, 0.3) is 0 Å². The fourth-order valence-electron chi connectivity index (χ4n) is 2.86. The zero-order valence-electron chi connectivity index (χ0n) is 16.4. The first-order valence-electron chi connectivity index (χ1n) is 8.83. The van der Waals surface area contributed by atoms with Gasteiger partial charge < -0.3 is 10.1 Å². The van der Waals surface area contributed by atoms with Crippen molar-refractivity contribution < 1.29 is 17.9 Å². The van der Waals surface area contributed by atoms with Gasteiger partial charge >= 0.3 is 0 Å². The Bertz CT molecular complexity index is 930. The van der Waals surface area contributed by atoms with Gasteiger partial charge in [0.15, 0.2) is 0 Å². The second-order valence-corrected chi connectivity index (χ2v) is 8.85. The summed E-state index contributed by atoms with van der Waals surface area (Å²) in [6.07, 6.45) is 1.73. The number of hydrogen-bond acceptors (Lipinski definition) is 4. The van der Waals surface area contributed by atoms with Crippen LogP contribution in [0.3, 0.4) is 0 Å². The van der Waals surface area contributed by atoms with Crippen LogP contribution in [0.2, 0.25) is 5.02 Å². The summed E-state index contributed by atoms with van der Waals surface area (Å²) in [7, 11) is -2.08. The number of methoxy groups -OCH3 is 1. The normalized spacial score (nSPS) is 12.3. The Morgan fingerprint density at radius 1 is 1.21 bits per heavy atom. The number of benzene rings is 2. The average molecular weight is 425 g/mol. The summed E-state index contributed by atoms with van der Waals surface area (Å²) in [4.78, 5) is 12.7. The van der Waals surface area contributed by atoms with Crippen LogP contribution in [0.1, 0.15) is 30.5 Å². The highest BCUT2D eigenvalue weighted by Crippen LogP contribution is 2.26. The minimum atomic E-state index is -3.67. The van der Waals surface area contributed by atoms with Crippen LogP contribution in [0.5, 0.6) is 5.75 Å². The molecule has 0 aromatic heterocycles. The van der Waals surface area contributed by atoms with Gasteiger partial charge in [0.05, 0.1) is 25.1 Å². The highest BCUT2D eigenvalue weighted by atomic mass is 35.5. The second-order valence-electron chi connectivity index (χ2n) is 6.50. The highest BCUT2D eigenvalue weighted by molar-refractivity contribution is 7.92. The molecule has 0 spiro atoms. The van der Waals surface area contributed by atoms with Gasteiger partial charge in [0, 0.05) is 5.02 Å². The molecule has 0 aliphatic carbocycles. The SMILES string of the molecule is CC[C@H](NC(=O)CN(c1cc(Cl)ccc1C)S(C)(=O)=O)c1ccc(OC)cc1. The van der Waals surface area contributed by atoms with E-state index in [-0.39, 0.29) is 12.6 Å². The molecule has 28 heavy (non-hydrogen) atoms. The Morgan fingerprint density at radius 2 is 1.86 bits per heavy atom. The van der Waals surface area contributed by atoms with Gasteiger partial charge in [0.2, 0.25) is 15.9 Å². The Morgan fingerprint density at radius 3 is 2.39 bits per heavy atom. The molecule has 0 aliphatic heterocycles. The number of rotatable bonds is 8. The number of sulfonamides is 1. The molecule has 2 aromatic rings. The number of halogens is 1. The fraction of sp³-hybridized carbons (Fsp3) is 0.350. The quantitative estimate of drug-likeness (QED) is 0.701. The van der Waals surface area contributed by atoms with Crippen molar-refractivity contribution in [2.24, 2.45) is 0 Å². The maximum Gasteiger partial charge on any atom is 0.241 e. The lowest BCUT2D eigenvalue weighted by Gasteiger charge is -2.25. The summed E-state index contributed by atoms with van der Waals surface area (Å²) in [5, 5.41) is 3.31. The summed E-state index contributed by atoms with van der Waals surface area (Å²) < 4.78 is 30.9. The van der Waals surface area contributed by atoms with Crippen LogP contribution in [0.4, 0.5) is 5.69 Å². The molecule has 0 aliphatic rings. The van der Waals surface area contributed by atoms with E-state index in [4.69, 9.17) is 16.3 Å². The molecule has 0 unspecified atom stereocenters. The monoisotopic (exact) mass is 424 g/mol. The van der Waals surface area contributed by atoms with E-state index < -0.39 is 15.9 Å². The second kappa shape index (κ2) is 9.30. The molecule has 2 rings (SSSR count). The third-order valence-electron chi connectivity index (χ3n) is 4.39. The largest absolute Gasteiger partial charge is 0.497 e. The molecule has 1 amide bonds. The number of hydrogen-bond donors (Lipinski definition) is 1. The van der Waals surface area contributed by atoms with E-state index in [2.05, 4.69) is 5.32 Å². The predicted octanol–water partition coefficient (Wildman–Crippen LogP) is 3.69. The van der Waals surface area contributed by atoms with Crippen LogP contribution in [0.15, 0.2) is 42.5 Å². The van der Waals surface area contributed by atoms with Gasteiger partial charge in [-0.3, -0.25) is 9.10 Å². The van der Waals surface area contributed by atoms with Gasteiger partial charge in [-0.1, -0.05) is 36.7 Å². The van der Waals surface area contributed by atoms with E-state index >= 15 is 0 Å². The third-order valence-corrected chi connectivity index (χ3v) is 5.75. The topological polar surface area (TPSA) is 75.7 Å². The number of carbonyl (C=O) groups excluding carboxylic acids is 1. The van der Waals surface area contributed by atoms with Crippen LogP contribution < -0.4 is 14.4 Å². The maximum atomic E-state index is 12.7. The molecule has 2 aromatic carbocycles. The third kappa shape index (κ3) is 5.62. The lowest BCUT2D eigenvalue weighted by Crippen LogP contribution is -2.41. The molecule has 1 N–H and O–H groups in total. The van der Waals surface area contributed by atoms with Crippen molar-refractivity contribution in [2.45, 2.75) is 26.3 Å². The van der Waals surface area contributed by atoms with E-state index in [9.17, 15) is 13.2 Å². The molecule has 6 nitrogen and oxygen atoms in total. The van der Waals surface area contributed by atoms with E-state index in [0.29, 0.717) is 22.7 Å². The van der Waals surface area contributed by atoms with Crippen LogP contribution in [0, 0.1) is 6.92 Å². The van der Waals surface area contributed by atoms with E-state index in [1.54, 1.807) is 32.2 Å². The Kier molecular flexibility index (Phi) is 7.32. The highest BCUT2D eigenvalue weighted by Gasteiger charge is 2.24. The molecule has 0 fully saturated rings. The predicted molar refractivity (Wildman–Crippen MR) is 113 cm³/mol. The molecule has 0 radical (unpaired) electrons. The average Bonchev–Trinajstić information content (AvgIpc) is 2.65. The summed E-state index contributed by atoms with van der Waals surface area (Å²) in [5.74, 6) is 0.331. The number of aryl methyl sites for hydroxylation is 1. The molecule has 8 heteroatoms. The van der Waals surface area contributed by atoms with E-state index in [1.807, 2.05) is 31.2 Å². The zero-order valence-corrected chi connectivity index (χ0v) is 18.0. The maximum absolute atomic E-state index is 12.7. The number of amides is 1. The number of anilines is 1. The van der Waals surface area contributed by atoms with E-state index in [0.717, 1.165) is 21.9 Å². The van der Waals surface area contributed by atoms with Gasteiger partial charge in [-0.2, -0.15) is 0 Å². The lowest BCUT2D eigenvalue weighted by molar-refractivity contribution is -0.120. The summed E-state index contributed by atoms with van der Waals surface area (Å²) >= 11 is 6.03. The van der Waals surface area contributed by atoms with Crippen LogP contribution in [-0.4, -0.2) is 34.2 Å². The first-order chi connectivity index (χ1) is 13.2. The number of carbonyl (C=O) groups is 1. The van der Waals surface area contributed by atoms with Crippen LogP contribution in [-0.2, 0) is 14.8 Å². The number of ether oxygens (including phenoxy) is 1. The first kappa shape index (κ1) is 22.0. The smallest absolute Gasteiger partial charge is 0.241 e. The Balaban J connectivity index is 2.22. The fourth-order valence-corrected chi connectivity index (χ4v) is 3.93. The van der Waals surface area contributed by atoms with Crippen molar-refractivity contribution in [3.8, 4) is 5.75 Å². The molecule has 0 saturated heterocycles. The Labute approximate surface area is 171 Å². The zero-order chi connectivity index (χ0) is 20.9. The molecule has 0 bridgehead atoms. The van der Waals surface area contributed by atoms with Crippen molar-refractivity contribution in [1.29, 1.82) is 0 Å². The van der Waals surface area contributed by atoms with Crippen molar-refractivity contribution in [2.75, 3.05) is 24.2 Å². The summed E-state index contributed by atoms with van der Waals surface area (Å²) in [5.41, 5.74) is 2.02. The summed E-state index contributed by atoms with van der Waals surface area (Å²) in [6.45, 7) is 3.39. The van der Waals surface area contributed by atoms with Crippen molar-refractivity contribution in [1.82, 2.24) is 5.32 Å². The van der Waals surface area contributed by atoms with Crippen molar-refractivity contribution in [3.63, 3.8) is 0 Å². The van der Waals surface area contributed by atoms with Crippen LogP contribution >= 0.6 is 11.6 Å². The van der Waals surface area contributed by atoms with Crippen LogP contribution in [0.25, 0.3) is 0 Å². The molecule has 152 valence electrons. The lowest BCUT2D eigenvalue weighted by atomic mass is 10.0. The van der Waals surface area contributed by atoms with Gasteiger partial charge in [-0.05, 0) is 48.7 Å². The summed E-state index contributed by atoms with van der Waals surface area (Å²) in [6, 6.07) is 12.1. The van der Waals surface area contributed by atoms with E-state index in [1.165, 1.54) is 0 Å². The molecule has 1 atom stereocenters. The molecular weight excluding hydrogens is 400 g/mol. The standard InChI is InChI=1S/C20H25ClN2O4S/c1-5-18(15-7-10-17(27-3)11-8-15)22-20(24)13-23(28(4,25)26)19-12-16(21)9-6-14(19)2/h6-12,18H,5,13H2,1-4H3,(H,22,24)/t18-/m0/s1. The first-order valence-corrected chi connectivity index (χ1v) is 11.1. The number of nitrogens with zero attached hydrogens (tertiary/aromatic N) is 1. The minimum Gasteiger partial charge on any atom is -0.497 e. The Hall–Kier alpha value is -2.25. The van der Waals surface area contributed by atoms with Gasteiger partial charge in [-0.15, -0.1) is 0 Å². The number of nitrogens with one attached hydrogen (secondary N) is 1. The van der Waals surface area contributed by atoms with Gasteiger partial charge in [0.1, 0.15) is 12.3 Å². The minimum absolute atomic E-state index is 0.236. The van der Waals surface area contributed by atoms with Crippen molar-refractivity contribution in [3.05, 3.63) is 58.6 Å².